The zero-order valence-corrected chi connectivity index (χ0v) is 8.73. The van der Waals surface area contributed by atoms with E-state index in [9.17, 15) is 0 Å². The number of aliphatic hydroxyl groups excluding tert-OH is 1. The third kappa shape index (κ3) is 1.56. The fourth-order valence-electron chi connectivity index (χ4n) is 1.17. The number of hydrogen-bond acceptors (Lipinski definition) is 5. The molecule has 4 nitrogen and oxygen atoms in total. The van der Waals surface area contributed by atoms with Gasteiger partial charge in [0.15, 0.2) is 0 Å². The van der Waals surface area contributed by atoms with Gasteiger partial charge in [-0.15, -0.1) is 15.8 Å². The van der Waals surface area contributed by atoms with Crippen molar-refractivity contribution >= 4 is 23.8 Å². The molecule has 1 saturated heterocycles. The second-order valence-corrected chi connectivity index (χ2v) is 4.22. The van der Waals surface area contributed by atoms with Gasteiger partial charge < -0.3 is 5.11 Å². The molecule has 1 fully saturated rings. The first-order chi connectivity index (χ1) is 6.26. The van der Waals surface area contributed by atoms with E-state index >= 15 is 0 Å². The molecule has 2 heterocycles. The quantitative estimate of drug-likeness (QED) is 0.763. The molecule has 0 radical (unpaired) electrons. The van der Waals surface area contributed by atoms with Crippen molar-refractivity contribution in [2.24, 2.45) is 4.47 Å². The second-order valence-electron chi connectivity index (χ2n) is 2.94. The molecule has 0 amide bonds. The third-order valence-corrected chi connectivity index (χ3v) is 3.48. The summed E-state index contributed by atoms with van der Waals surface area (Å²) in [5.41, 5.74) is 0.915. The average Bonchev–Trinajstić information content (AvgIpc) is 2.83. The van der Waals surface area contributed by atoms with E-state index in [-0.39, 0.29) is 12.6 Å². The molecule has 6 heteroatoms. The van der Waals surface area contributed by atoms with E-state index in [1.54, 1.807) is 16.3 Å². The Morgan fingerprint density at radius 3 is 3.08 bits per heavy atom. The van der Waals surface area contributed by atoms with E-state index in [0.29, 0.717) is 0 Å². The molecule has 0 aliphatic carbocycles. The molecule has 1 unspecified atom stereocenters. The smallest absolute Gasteiger partial charge is 0.119 e. The van der Waals surface area contributed by atoms with E-state index in [1.165, 1.54) is 0 Å². The average molecular weight is 215 g/mol. The maximum absolute atomic E-state index is 8.97. The first-order valence-electron chi connectivity index (χ1n) is 3.93. The predicted molar refractivity (Wildman–Crippen MR) is 52.0 cm³/mol. The monoisotopic (exact) mass is 215 g/mol. The van der Waals surface area contributed by atoms with E-state index in [1.807, 2.05) is 6.92 Å². The highest BCUT2D eigenvalue weighted by molar-refractivity contribution is 7.47. The lowest BCUT2D eigenvalue weighted by molar-refractivity contribution is 0.284. The lowest BCUT2D eigenvalue weighted by Crippen LogP contribution is -1.85. The minimum atomic E-state index is 0.0707. The molecule has 1 aliphatic rings. The molecule has 1 aromatic rings. The van der Waals surface area contributed by atoms with Gasteiger partial charge in [-0.25, -0.2) is 4.98 Å². The zero-order valence-electron chi connectivity index (χ0n) is 7.10. The Kier molecular flexibility index (Phi) is 2.27. The van der Waals surface area contributed by atoms with Gasteiger partial charge in [0.25, 0.3) is 0 Å². The van der Waals surface area contributed by atoms with E-state index in [4.69, 9.17) is 5.11 Å². The summed E-state index contributed by atoms with van der Waals surface area (Å²) in [6, 6.07) is 0.265. The predicted octanol–water partition coefficient (Wildman–Crippen LogP) is 0.946. The van der Waals surface area contributed by atoms with Crippen LogP contribution in [0.25, 0.3) is 0 Å². The fraction of sp³-hybridized carbons (Fsp3) is 0.571. The summed E-state index contributed by atoms with van der Waals surface area (Å²) in [7, 11) is 0. The van der Waals surface area contributed by atoms with Crippen LogP contribution in [0.3, 0.4) is 0 Å². The van der Waals surface area contributed by atoms with Crippen molar-refractivity contribution in [3.63, 3.8) is 0 Å². The largest absolute Gasteiger partial charge is 0.391 e. The number of rotatable bonds is 3. The molecular weight excluding hydrogens is 206 g/mol. The molecular formula is C7H9N3OS2. The van der Waals surface area contributed by atoms with Crippen molar-refractivity contribution in [3.05, 3.63) is 15.6 Å². The lowest BCUT2D eigenvalue weighted by atomic mass is 10.4. The Labute approximate surface area is 85.4 Å². The van der Waals surface area contributed by atoms with Gasteiger partial charge in [0, 0.05) is 0 Å². The van der Waals surface area contributed by atoms with E-state index in [0.717, 1.165) is 22.1 Å². The summed E-state index contributed by atoms with van der Waals surface area (Å²) in [6.07, 6.45) is 0. The van der Waals surface area contributed by atoms with Crippen LogP contribution in [0.5, 0.6) is 0 Å². The van der Waals surface area contributed by atoms with Gasteiger partial charge in [-0.3, -0.25) is 5.01 Å². The Balaban J connectivity index is 2.18. The van der Waals surface area contributed by atoms with Crippen LogP contribution in [0.15, 0.2) is 4.47 Å². The molecule has 1 N–H and O–H groups in total. The standard InChI is InChI=1S/C7H9N3OS2/c1-4-6(3-11)13-7(8-4)5-2-10(5)9-12/h5,11H,2-3H2,1H3. The number of hydrogen-bond donors (Lipinski definition) is 1. The van der Waals surface area contributed by atoms with Crippen molar-refractivity contribution in [1.29, 1.82) is 0 Å². The van der Waals surface area contributed by atoms with Crippen LogP contribution in [-0.2, 0) is 19.0 Å². The molecule has 0 saturated carbocycles. The Morgan fingerprint density at radius 2 is 2.62 bits per heavy atom. The van der Waals surface area contributed by atoms with Crippen molar-refractivity contribution in [2.45, 2.75) is 19.6 Å². The number of thiazole rings is 1. The van der Waals surface area contributed by atoms with Gasteiger partial charge in [0.1, 0.15) is 11.0 Å². The molecule has 0 spiro atoms. The summed E-state index contributed by atoms with van der Waals surface area (Å²) < 4.78 is 3.64. The summed E-state index contributed by atoms with van der Waals surface area (Å²) in [5, 5.41) is 11.8. The SMILES string of the molecule is Cc1nc(C2CN2N=S)sc1CO. The van der Waals surface area contributed by atoms with Gasteiger partial charge in [0.2, 0.25) is 0 Å². The first-order valence-corrected chi connectivity index (χ1v) is 5.11. The van der Waals surface area contributed by atoms with E-state index in [2.05, 4.69) is 21.9 Å². The van der Waals surface area contributed by atoms with Crippen LogP contribution in [0, 0.1) is 6.92 Å². The molecule has 0 bridgehead atoms. The Hall–Kier alpha value is -0.590. The first kappa shape index (κ1) is 8.98. The highest BCUT2D eigenvalue weighted by Crippen LogP contribution is 2.37. The second kappa shape index (κ2) is 3.28. The number of aryl methyl sites for hydroxylation is 1. The highest BCUT2D eigenvalue weighted by atomic mass is 32.1. The molecule has 70 valence electrons. The molecule has 1 aliphatic heterocycles. The number of aliphatic hydroxyl groups is 1. The molecule has 13 heavy (non-hydrogen) atoms. The van der Waals surface area contributed by atoms with Crippen LogP contribution in [0.2, 0.25) is 0 Å². The summed E-state index contributed by atoms with van der Waals surface area (Å²) in [6.45, 7) is 2.84. The van der Waals surface area contributed by atoms with Crippen LogP contribution < -0.4 is 0 Å². The fourth-order valence-corrected chi connectivity index (χ4v) is 2.37. The van der Waals surface area contributed by atoms with Crippen LogP contribution in [-0.4, -0.2) is 21.6 Å². The van der Waals surface area contributed by atoms with Crippen molar-refractivity contribution < 1.29 is 5.11 Å². The minimum absolute atomic E-state index is 0.0707. The minimum Gasteiger partial charge on any atom is -0.391 e. The normalized spacial score (nSPS) is 20.5. The number of aromatic nitrogens is 1. The zero-order chi connectivity index (χ0) is 9.42. The molecule has 1 aromatic heterocycles. The molecule has 2 rings (SSSR count). The summed E-state index contributed by atoms with van der Waals surface area (Å²) in [4.78, 5) is 5.29. The van der Waals surface area contributed by atoms with Crippen molar-refractivity contribution in [2.75, 3.05) is 6.54 Å². The maximum Gasteiger partial charge on any atom is 0.119 e. The van der Waals surface area contributed by atoms with Gasteiger partial charge >= 0.3 is 0 Å². The molecule has 0 aromatic carbocycles. The molecule has 1 atom stereocenters. The van der Waals surface area contributed by atoms with Gasteiger partial charge in [0.05, 0.1) is 36.1 Å². The summed E-state index contributed by atoms with van der Waals surface area (Å²) >= 11 is 6.10. The lowest BCUT2D eigenvalue weighted by Gasteiger charge is -1.89. The van der Waals surface area contributed by atoms with Gasteiger partial charge in [-0.2, -0.15) is 0 Å². The van der Waals surface area contributed by atoms with Crippen LogP contribution >= 0.6 is 11.3 Å². The topological polar surface area (TPSA) is 48.5 Å². The maximum atomic E-state index is 8.97. The van der Waals surface area contributed by atoms with Crippen LogP contribution in [0.4, 0.5) is 0 Å². The van der Waals surface area contributed by atoms with Crippen molar-refractivity contribution in [1.82, 2.24) is 9.99 Å². The van der Waals surface area contributed by atoms with Gasteiger partial charge in [-0.05, 0) is 6.92 Å². The summed E-state index contributed by atoms with van der Waals surface area (Å²) in [5.74, 6) is 0. The van der Waals surface area contributed by atoms with E-state index < -0.39 is 0 Å². The van der Waals surface area contributed by atoms with Gasteiger partial charge in [-0.1, -0.05) is 0 Å². The third-order valence-electron chi connectivity index (χ3n) is 2.03. The Morgan fingerprint density at radius 1 is 1.85 bits per heavy atom. The highest BCUT2D eigenvalue weighted by Gasteiger charge is 2.37. The Bertz CT molecular complexity index is 338. The van der Waals surface area contributed by atoms with Crippen molar-refractivity contribution in [3.8, 4) is 0 Å². The van der Waals surface area contributed by atoms with Crippen LogP contribution in [0.1, 0.15) is 21.6 Å². The number of nitrogens with zero attached hydrogens (tertiary/aromatic N) is 3.